The summed E-state index contributed by atoms with van der Waals surface area (Å²) in [5.41, 5.74) is 4.87. The number of hydrogen-bond donors (Lipinski definition) is 2. The molecule has 1 aliphatic rings. The maximum atomic E-state index is 12.9. The van der Waals surface area contributed by atoms with Gasteiger partial charge in [-0.2, -0.15) is 0 Å². The molecule has 4 nitrogen and oxygen atoms in total. The first-order valence-corrected chi connectivity index (χ1v) is 28.3. The molecule has 2 N–H and O–H groups in total. The van der Waals surface area contributed by atoms with Gasteiger partial charge in [0.1, 0.15) is 0 Å². The fraction of sp³-hybridized carbons (Fsp3) is 0.562. The SMILES string of the molecule is CCCCCCCCN(CCCCCCCC)c1c2ccccc2c(C2C(O)C(c3c4ccccc4c(N(CCCCCCCC)CCCCCCCC)c4ccccc34)C2O)c2ccccc12. The minimum atomic E-state index is -0.745. The van der Waals surface area contributed by atoms with Gasteiger partial charge in [-0.1, -0.05) is 253 Å². The molecule has 1 fully saturated rings. The molecule has 0 heterocycles. The van der Waals surface area contributed by atoms with Gasteiger partial charge >= 0.3 is 0 Å². The van der Waals surface area contributed by atoms with E-state index in [9.17, 15) is 10.2 Å². The summed E-state index contributed by atoms with van der Waals surface area (Å²) < 4.78 is 0. The number of aliphatic hydroxyl groups excluding tert-OH is 2. The Labute approximate surface area is 412 Å². The van der Waals surface area contributed by atoms with E-state index in [0.29, 0.717) is 0 Å². The third kappa shape index (κ3) is 12.4. The summed E-state index contributed by atoms with van der Waals surface area (Å²) in [5.74, 6) is -0.827. The van der Waals surface area contributed by atoms with Gasteiger partial charge in [-0.05, 0) is 58.4 Å². The van der Waals surface area contributed by atoms with E-state index < -0.39 is 24.0 Å². The lowest BCUT2D eigenvalue weighted by molar-refractivity contribution is -0.0765. The highest BCUT2D eigenvalue weighted by atomic mass is 16.3. The minimum Gasteiger partial charge on any atom is -0.392 e. The van der Waals surface area contributed by atoms with Gasteiger partial charge in [-0.25, -0.2) is 0 Å². The lowest BCUT2D eigenvalue weighted by Gasteiger charge is -2.49. The number of aliphatic hydroxyl groups is 2. The predicted octanol–water partition coefficient (Wildman–Crippen LogP) is 18.0. The van der Waals surface area contributed by atoms with Crippen LogP contribution in [0.15, 0.2) is 97.1 Å². The molecule has 6 aromatic rings. The molecule has 68 heavy (non-hydrogen) atoms. The van der Waals surface area contributed by atoms with Crippen LogP contribution in [0.1, 0.15) is 205 Å². The van der Waals surface area contributed by atoms with Crippen molar-refractivity contribution < 1.29 is 10.2 Å². The zero-order valence-corrected chi connectivity index (χ0v) is 43.1. The van der Waals surface area contributed by atoms with Crippen LogP contribution in [0.2, 0.25) is 0 Å². The van der Waals surface area contributed by atoms with E-state index in [1.807, 2.05) is 0 Å². The number of unbranched alkanes of at least 4 members (excludes halogenated alkanes) is 20. The summed E-state index contributed by atoms with van der Waals surface area (Å²) in [6.07, 6.45) is 29.3. The van der Waals surface area contributed by atoms with Crippen molar-refractivity contribution in [3.8, 4) is 0 Å². The molecule has 4 heteroatoms. The van der Waals surface area contributed by atoms with Crippen molar-refractivity contribution in [1.29, 1.82) is 0 Å². The lowest BCUT2D eigenvalue weighted by atomic mass is 9.60. The van der Waals surface area contributed by atoms with E-state index in [-0.39, 0.29) is 0 Å². The molecule has 1 aliphatic carbocycles. The number of benzene rings is 6. The first-order valence-electron chi connectivity index (χ1n) is 28.3. The summed E-state index contributed by atoms with van der Waals surface area (Å²) in [7, 11) is 0. The van der Waals surface area contributed by atoms with E-state index in [1.165, 1.54) is 209 Å². The standard InChI is InChI=1S/C64H90N2O2/c1-5-9-13-17-21-33-45-65(46-34-22-18-14-10-6-2)61-53-41-29-25-37-49(53)57(50-38-26-30-42-54(50)61)59-63(67)60(64(59)68)58-51-39-27-31-43-55(51)62(56-44-32-28-40-52(56)58)66(47-35-23-19-15-11-7-3)48-36-24-20-16-12-8-4/h25-32,37-44,59-60,63-64,67-68H,5-24,33-36,45-48H2,1-4H3. The molecule has 6 aromatic carbocycles. The van der Waals surface area contributed by atoms with Gasteiger partial charge in [-0.15, -0.1) is 0 Å². The van der Waals surface area contributed by atoms with Crippen molar-refractivity contribution in [3.63, 3.8) is 0 Å². The molecule has 368 valence electrons. The molecule has 0 bridgehead atoms. The topological polar surface area (TPSA) is 46.9 Å². The van der Waals surface area contributed by atoms with Crippen LogP contribution < -0.4 is 9.80 Å². The molecule has 7 rings (SSSR count). The molecule has 0 unspecified atom stereocenters. The fourth-order valence-corrected chi connectivity index (χ4v) is 12.1. The summed E-state index contributed by atoms with van der Waals surface area (Å²) in [5, 5.41) is 35.4. The van der Waals surface area contributed by atoms with Gasteiger partial charge in [0, 0.05) is 59.6 Å². The van der Waals surface area contributed by atoms with E-state index in [2.05, 4.69) is 135 Å². The van der Waals surface area contributed by atoms with Crippen LogP contribution in [0.4, 0.5) is 11.4 Å². The van der Waals surface area contributed by atoms with Gasteiger partial charge in [0.15, 0.2) is 0 Å². The minimum absolute atomic E-state index is 0.413. The highest BCUT2D eigenvalue weighted by molar-refractivity contribution is 6.16. The third-order valence-corrected chi connectivity index (χ3v) is 15.8. The summed E-state index contributed by atoms with van der Waals surface area (Å²) >= 11 is 0. The fourth-order valence-electron chi connectivity index (χ4n) is 12.1. The van der Waals surface area contributed by atoms with Crippen LogP contribution in [-0.4, -0.2) is 48.6 Å². The average Bonchev–Trinajstić information content (AvgIpc) is 3.37. The maximum Gasteiger partial charge on any atom is 0.0728 e. The monoisotopic (exact) mass is 919 g/mol. The van der Waals surface area contributed by atoms with Gasteiger partial charge in [0.05, 0.1) is 23.6 Å². The normalized spacial score (nSPS) is 17.1. The second-order valence-electron chi connectivity index (χ2n) is 20.8. The van der Waals surface area contributed by atoms with E-state index in [0.717, 1.165) is 37.3 Å². The Hall–Kier alpha value is -4.12. The highest BCUT2D eigenvalue weighted by Crippen LogP contribution is 2.56. The predicted molar refractivity (Wildman–Crippen MR) is 298 cm³/mol. The molecule has 0 saturated heterocycles. The van der Waals surface area contributed by atoms with Gasteiger partial charge in [-0.3, -0.25) is 0 Å². The molecule has 0 spiro atoms. The van der Waals surface area contributed by atoms with Crippen molar-refractivity contribution in [1.82, 2.24) is 0 Å². The quantitative estimate of drug-likeness (QED) is 0.0327. The zero-order chi connectivity index (χ0) is 47.5. The van der Waals surface area contributed by atoms with Crippen molar-refractivity contribution in [2.24, 2.45) is 0 Å². The van der Waals surface area contributed by atoms with Crippen molar-refractivity contribution in [3.05, 3.63) is 108 Å². The van der Waals surface area contributed by atoms with Crippen molar-refractivity contribution >= 4 is 54.5 Å². The average molecular weight is 919 g/mol. The van der Waals surface area contributed by atoms with Crippen LogP contribution in [0.25, 0.3) is 43.1 Å². The third-order valence-electron chi connectivity index (χ3n) is 15.8. The first-order chi connectivity index (χ1) is 33.5. The molecule has 0 amide bonds. The second-order valence-corrected chi connectivity index (χ2v) is 20.8. The highest BCUT2D eigenvalue weighted by Gasteiger charge is 2.52. The molecular weight excluding hydrogens is 829 g/mol. The van der Waals surface area contributed by atoms with Crippen LogP contribution in [0, 0.1) is 0 Å². The van der Waals surface area contributed by atoms with Gasteiger partial charge in [0.25, 0.3) is 0 Å². The van der Waals surface area contributed by atoms with E-state index in [1.54, 1.807) is 0 Å². The van der Waals surface area contributed by atoms with Crippen molar-refractivity contribution in [2.75, 3.05) is 36.0 Å². The zero-order valence-electron chi connectivity index (χ0n) is 43.1. The summed E-state index contributed by atoms with van der Waals surface area (Å²) in [6, 6.07) is 35.7. The second kappa shape index (κ2) is 27.3. The molecule has 0 radical (unpaired) electrons. The van der Waals surface area contributed by atoms with Crippen molar-refractivity contribution in [2.45, 2.75) is 206 Å². The lowest BCUT2D eigenvalue weighted by Crippen LogP contribution is -2.52. The van der Waals surface area contributed by atoms with Gasteiger partial charge < -0.3 is 20.0 Å². The van der Waals surface area contributed by atoms with E-state index >= 15 is 0 Å². The molecular formula is C64H90N2O2. The van der Waals surface area contributed by atoms with E-state index in [4.69, 9.17) is 0 Å². The number of nitrogens with zero attached hydrogens (tertiary/aromatic N) is 2. The number of fused-ring (bicyclic) bond motifs is 4. The molecule has 0 aliphatic heterocycles. The largest absolute Gasteiger partial charge is 0.392 e. The van der Waals surface area contributed by atoms with Crippen LogP contribution >= 0.6 is 0 Å². The van der Waals surface area contributed by atoms with Gasteiger partial charge in [0.2, 0.25) is 0 Å². The first kappa shape index (κ1) is 51.7. The maximum absolute atomic E-state index is 12.9. The summed E-state index contributed by atoms with van der Waals surface area (Å²) in [4.78, 5) is 5.43. The Bertz CT molecular complexity index is 2100. The molecule has 1 saturated carbocycles. The Balaban J connectivity index is 1.25. The number of hydrogen-bond acceptors (Lipinski definition) is 4. The van der Waals surface area contributed by atoms with Crippen LogP contribution in [-0.2, 0) is 0 Å². The van der Waals surface area contributed by atoms with Crippen LogP contribution in [0.5, 0.6) is 0 Å². The molecule has 0 atom stereocenters. The Morgan fingerprint density at radius 3 is 0.735 bits per heavy atom. The Kier molecular flexibility index (Phi) is 20.8. The number of anilines is 2. The summed E-state index contributed by atoms with van der Waals surface area (Å²) in [6.45, 7) is 13.4. The Morgan fingerprint density at radius 2 is 0.500 bits per heavy atom. The molecule has 0 aromatic heterocycles. The Morgan fingerprint density at radius 1 is 0.294 bits per heavy atom. The van der Waals surface area contributed by atoms with Crippen LogP contribution in [0.3, 0.4) is 0 Å². The smallest absolute Gasteiger partial charge is 0.0728 e. The number of rotatable bonds is 32.